The van der Waals surface area contributed by atoms with Crippen LogP contribution in [0.25, 0.3) is 11.4 Å². The average Bonchev–Trinajstić information content (AvgIpc) is 3.04. The van der Waals surface area contributed by atoms with Gasteiger partial charge in [-0.2, -0.15) is 16.3 Å². The summed E-state index contributed by atoms with van der Waals surface area (Å²) in [4.78, 5) is 6.85. The second-order valence-corrected chi connectivity index (χ2v) is 5.89. The first kappa shape index (κ1) is 12.8. The minimum absolute atomic E-state index is 0.493. The molecule has 2 aromatic heterocycles. The molecule has 0 aromatic carbocycles. The summed E-state index contributed by atoms with van der Waals surface area (Å²) in [5.41, 5.74) is 1.03. The van der Waals surface area contributed by atoms with Crippen LogP contribution in [0.1, 0.15) is 19.7 Å². The van der Waals surface area contributed by atoms with Gasteiger partial charge in [0.1, 0.15) is 0 Å². The highest BCUT2D eigenvalue weighted by atomic mass is 32.1. The molecule has 2 atom stereocenters. The van der Waals surface area contributed by atoms with E-state index in [1.807, 2.05) is 16.8 Å². The van der Waals surface area contributed by atoms with Gasteiger partial charge in [0, 0.05) is 36.1 Å². The minimum atomic E-state index is 0.493. The molecule has 5 nitrogen and oxygen atoms in total. The summed E-state index contributed by atoms with van der Waals surface area (Å²) < 4.78 is 5.36. The molecule has 1 saturated heterocycles. The van der Waals surface area contributed by atoms with Crippen molar-refractivity contribution in [3.05, 3.63) is 22.7 Å². The Morgan fingerprint density at radius 3 is 3.21 bits per heavy atom. The van der Waals surface area contributed by atoms with Gasteiger partial charge in [-0.15, -0.1) is 0 Å². The molecule has 1 N–H and O–H groups in total. The van der Waals surface area contributed by atoms with Gasteiger partial charge in [-0.05, 0) is 25.3 Å². The van der Waals surface area contributed by atoms with Crippen molar-refractivity contribution in [1.82, 2.24) is 20.4 Å². The number of thiophene rings is 1. The van der Waals surface area contributed by atoms with Crippen LogP contribution in [0.4, 0.5) is 0 Å². The van der Waals surface area contributed by atoms with Gasteiger partial charge in [0.05, 0.1) is 6.54 Å². The highest BCUT2D eigenvalue weighted by Gasteiger charge is 2.24. The highest BCUT2D eigenvalue weighted by Crippen LogP contribution is 2.19. The van der Waals surface area contributed by atoms with Crippen LogP contribution >= 0.6 is 11.3 Å². The topological polar surface area (TPSA) is 54.2 Å². The third-order valence-electron chi connectivity index (χ3n) is 3.48. The van der Waals surface area contributed by atoms with Gasteiger partial charge < -0.3 is 9.84 Å². The van der Waals surface area contributed by atoms with Crippen LogP contribution in [-0.4, -0.2) is 40.2 Å². The molecule has 1 fully saturated rings. The summed E-state index contributed by atoms with van der Waals surface area (Å²) in [5, 5.41) is 11.6. The predicted octanol–water partition coefficient (Wildman–Crippen LogP) is 1.98. The van der Waals surface area contributed by atoms with E-state index in [2.05, 4.69) is 34.2 Å². The van der Waals surface area contributed by atoms with Crippen molar-refractivity contribution < 1.29 is 4.52 Å². The number of aromatic nitrogens is 2. The Morgan fingerprint density at radius 1 is 1.53 bits per heavy atom. The monoisotopic (exact) mass is 278 g/mol. The van der Waals surface area contributed by atoms with E-state index >= 15 is 0 Å². The quantitative estimate of drug-likeness (QED) is 0.930. The van der Waals surface area contributed by atoms with Crippen molar-refractivity contribution in [2.75, 3.05) is 13.1 Å². The molecular weight excluding hydrogens is 260 g/mol. The largest absolute Gasteiger partial charge is 0.338 e. The fraction of sp³-hybridized carbons (Fsp3) is 0.538. The van der Waals surface area contributed by atoms with Crippen LogP contribution in [0.3, 0.4) is 0 Å². The molecule has 2 aromatic rings. The lowest BCUT2D eigenvalue weighted by atomic mass is 10.1. The van der Waals surface area contributed by atoms with Crippen molar-refractivity contribution in [1.29, 1.82) is 0 Å². The van der Waals surface area contributed by atoms with Gasteiger partial charge in [-0.1, -0.05) is 5.16 Å². The van der Waals surface area contributed by atoms with Crippen molar-refractivity contribution in [3.63, 3.8) is 0 Å². The molecule has 1 aliphatic rings. The number of hydrogen-bond donors (Lipinski definition) is 1. The predicted molar refractivity (Wildman–Crippen MR) is 74.9 cm³/mol. The van der Waals surface area contributed by atoms with E-state index in [1.54, 1.807) is 11.3 Å². The minimum Gasteiger partial charge on any atom is -0.338 e. The molecule has 102 valence electrons. The van der Waals surface area contributed by atoms with Crippen LogP contribution in [-0.2, 0) is 6.54 Å². The first-order valence-electron chi connectivity index (χ1n) is 6.55. The molecule has 0 aliphatic carbocycles. The molecule has 3 heterocycles. The van der Waals surface area contributed by atoms with Crippen LogP contribution in [0.15, 0.2) is 21.3 Å². The third-order valence-corrected chi connectivity index (χ3v) is 4.16. The van der Waals surface area contributed by atoms with Gasteiger partial charge in [-0.25, -0.2) is 0 Å². The van der Waals surface area contributed by atoms with E-state index in [0.29, 0.717) is 23.8 Å². The smallest absolute Gasteiger partial charge is 0.241 e. The van der Waals surface area contributed by atoms with E-state index in [-0.39, 0.29) is 0 Å². The molecule has 2 unspecified atom stereocenters. The lowest BCUT2D eigenvalue weighted by Gasteiger charge is -2.36. The number of nitrogens with zero attached hydrogens (tertiary/aromatic N) is 3. The zero-order valence-corrected chi connectivity index (χ0v) is 12.0. The molecule has 0 amide bonds. The summed E-state index contributed by atoms with van der Waals surface area (Å²) in [5.74, 6) is 1.38. The maximum atomic E-state index is 5.36. The van der Waals surface area contributed by atoms with E-state index in [0.717, 1.165) is 25.2 Å². The van der Waals surface area contributed by atoms with Gasteiger partial charge in [0.15, 0.2) is 0 Å². The lowest BCUT2D eigenvalue weighted by molar-refractivity contribution is 0.123. The zero-order chi connectivity index (χ0) is 13.2. The first-order valence-corrected chi connectivity index (χ1v) is 7.49. The summed E-state index contributed by atoms with van der Waals surface area (Å²) in [6.07, 6.45) is 0. The van der Waals surface area contributed by atoms with Crippen molar-refractivity contribution in [2.24, 2.45) is 0 Å². The zero-order valence-electron chi connectivity index (χ0n) is 11.2. The number of nitrogens with one attached hydrogen (secondary N) is 1. The number of rotatable bonds is 3. The van der Waals surface area contributed by atoms with Gasteiger partial charge in [0.25, 0.3) is 0 Å². The molecule has 1 aliphatic heterocycles. The Morgan fingerprint density at radius 2 is 2.42 bits per heavy atom. The molecular formula is C13H18N4OS. The normalized spacial score (nSPS) is 24.7. The standard InChI is InChI=1S/C13H18N4OS/c1-9-6-17(10(2)5-14-9)7-12-15-13(16-18-12)11-3-4-19-8-11/h3-4,8-10,14H,5-7H2,1-2H3. The Hall–Kier alpha value is -1.24. The fourth-order valence-corrected chi connectivity index (χ4v) is 2.95. The summed E-state index contributed by atoms with van der Waals surface area (Å²) in [6, 6.07) is 3.01. The Labute approximate surface area is 116 Å². The number of hydrogen-bond acceptors (Lipinski definition) is 6. The first-order chi connectivity index (χ1) is 9.22. The molecule has 0 radical (unpaired) electrons. The maximum Gasteiger partial charge on any atom is 0.241 e. The molecule has 0 bridgehead atoms. The Balaban J connectivity index is 1.70. The molecule has 0 saturated carbocycles. The summed E-state index contributed by atoms with van der Waals surface area (Å²) >= 11 is 1.64. The van der Waals surface area contributed by atoms with Crippen LogP contribution in [0.2, 0.25) is 0 Å². The Bertz CT molecular complexity index is 524. The van der Waals surface area contributed by atoms with E-state index in [9.17, 15) is 0 Å². The Kier molecular flexibility index (Phi) is 3.63. The van der Waals surface area contributed by atoms with Crippen molar-refractivity contribution >= 4 is 11.3 Å². The van der Waals surface area contributed by atoms with E-state index in [1.165, 1.54) is 0 Å². The van der Waals surface area contributed by atoms with Crippen LogP contribution in [0, 0.1) is 0 Å². The second kappa shape index (κ2) is 5.40. The molecule has 0 spiro atoms. The summed E-state index contributed by atoms with van der Waals surface area (Å²) in [6.45, 7) is 7.16. The second-order valence-electron chi connectivity index (χ2n) is 5.11. The highest BCUT2D eigenvalue weighted by molar-refractivity contribution is 7.08. The third kappa shape index (κ3) is 2.86. The summed E-state index contributed by atoms with van der Waals surface area (Å²) in [7, 11) is 0. The van der Waals surface area contributed by atoms with Crippen molar-refractivity contribution in [2.45, 2.75) is 32.5 Å². The molecule has 3 rings (SSSR count). The van der Waals surface area contributed by atoms with Gasteiger partial charge in [0.2, 0.25) is 11.7 Å². The molecule has 6 heteroatoms. The lowest BCUT2D eigenvalue weighted by Crippen LogP contribution is -2.53. The van der Waals surface area contributed by atoms with Crippen molar-refractivity contribution in [3.8, 4) is 11.4 Å². The number of piperazine rings is 1. The van der Waals surface area contributed by atoms with Crippen LogP contribution in [0.5, 0.6) is 0 Å². The molecule has 19 heavy (non-hydrogen) atoms. The van der Waals surface area contributed by atoms with E-state index < -0.39 is 0 Å². The maximum absolute atomic E-state index is 5.36. The van der Waals surface area contributed by atoms with Gasteiger partial charge >= 0.3 is 0 Å². The average molecular weight is 278 g/mol. The fourth-order valence-electron chi connectivity index (χ4n) is 2.32. The van der Waals surface area contributed by atoms with Crippen LogP contribution < -0.4 is 5.32 Å². The SMILES string of the molecule is CC1CN(Cc2nc(-c3ccsc3)no2)C(C)CN1. The van der Waals surface area contributed by atoms with E-state index in [4.69, 9.17) is 4.52 Å². The van der Waals surface area contributed by atoms with Gasteiger partial charge in [-0.3, -0.25) is 4.90 Å².